The second-order valence-corrected chi connectivity index (χ2v) is 4.10. The zero-order valence-electron chi connectivity index (χ0n) is 8.21. The van der Waals surface area contributed by atoms with Crippen LogP contribution in [0, 0.1) is 0 Å². The largest absolute Gasteiger partial charge is 0.391 e. The highest BCUT2D eigenvalue weighted by Gasteiger charge is 2.48. The van der Waals surface area contributed by atoms with Crippen LogP contribution < -0.4 is 0 Å². The van der Waals surface area contributed by atoms with Crippen molar-refractivity contribution in [3.05, 3.63) is 0 Å². The molecule has 0 aliphatic carbocycles. The van der Waals surface area contributed by atoms with Gasteiger partial charge in [-0.05, 0) is 6.42 Å². The topological polar surface area (TPSA) is 73.2 Å². The highest BCUT2D eigenvalue weighted by atomic mass is 16.5. The third kappa shape index (κ3) is 1.45. The molecule has 0 saturated carbocycles. The number of hydrogen-bond acceptors (Lipinski definition) is 5. The fourth-order valence-corrected chi connectivity index (χ4v) is 2.55. The van der Waals surface area contributed by atoms with Crippen LogP contribution in [0.1, 0.15) is 6.42 Å². The van der Waals surface area contributed by atoms with E-state index in [2.05, 4.69) is 0 Å². The quantitative estimate of drug-likeness (QED) is 0.467. The number of ether oxygens (including phenoxy) is 1. The van der Waals surface area contributed by atoms with Gasteiger partial charge in [-0.25, -0.2) is 0 Å². The summed E-state index contributed by atoms with van der Waals surface area (Å²) in [6.07, 6.45) is -1.93. The standard InChI is InChI=1S/C9H17NO4/c1-14-9-7-5(11)2-3-10(7)4-6(12)8(9)13/h5-9,11-13H,2-4H2,1H3/t5-,6-,7+,8+,9+/m0/s1. The smallest absolute Gasteiger partial charge is 0.109 e. The average molecular weight is 203 g/mol. The minimum Gasteiger partial charge on any atom is -0.391 e. The van der Waals surface area contributed by atoms with E-state index in [0.29, 0.717) is 13.0 Å². The summed E-state index contributed by atoms with van der Waals surface area (Å²) < 4.78 is 5.15. The van der Waals surface area contributed by atoms with Crippen molar-refractivity contribution in [3.8, 4) is 0 Å². The summed E-state index contributed by atoms with van der Waals surface area (Å²) in [5, 5.41) is 29.0. The van der Waals surface area contributed by atoms with E-state index in [0.717, 1.165) is 6.54 Å². The second-order valence-electron chi connectivity index (χ2n) is 4.10. The molecule has 5 heteroatoms. The summed E-state index contributed by atoms with van der Waals surface area (Å²) in [5.74, 6) is 0. The number of rotatable bonds is 1. The summed E-state index contributed by atoms with van der Waals surface area (Å²) in [6, 6.07) is -0.168. The summed E-state index contributed by atoms with van der Waals surface area (Å²) in [7, 11) is 1.50. The van der Waals surface area contributed by atoms with Crippen LogP contribution in [0.3, 0.4) is 0 Å². The lowest BCUT2D eigenvalue weighted by Crippen LogP contribution is -2.62. The molecule has 0 unspecified atom stereocenters. The molecule has 0 aromatic carbocycles. The van der Waals surface area contributed by atoms with E-state index in [-0.39, 0.29) is 6.04 Å². The first-order chi connectivity index (χ1) is 6.65. The van der Waals surface area contributed by atoms with E-state index >= 15 is 0 Å². The minimum absolute atomic E-state index is 0.168. The van der Waals surface area contributed by atoms with Gasteiger partial charge in [-0.1, -0.05) is 0 Å². The van der Waals surface area contributed by atoms with Crippen LogP contribution in [0.4, 0.5) is 0 Å². The Morgan fingerprint density at radius 3 is 2.57 bits per heavy atom. The maximum Gasteiger partial charge on any atom is 0.109 e. The number of piperidine rings is 1. The lowest BCUT2D eigenvalue weighted by molar-refractivity contribution is -0.153. The average Bonchev–Trinajstić information content (AvgIpc) is 2.50. The molecule has 0 radical (unpaired) electrons. The highest BCUT2D eigenvalue weighted by Crippen LogP contribution is 2.29. The Balaban J connectivity index is 2.17. The molecule has 14 heavy (non-hydrogen) atoms. The monoisotopic (exact) mass is 203 g/mol. The van der Waals surface area contributed by atoms with Crippen molar-refractivity contribution < 1.29 is 20.1 Å². The number of aliphatic hydroxyl groups is 3. The van der Waals surface area contributed by atoms with Crippen molar-refractivity contribution in [2.24, 2.45) is 0 Å². The van der Waals surface area contributed by atoms with Crippen LogP contribution in [-0.2, 0) is 4.74 Å². The third-order valence-corrected chi connectivity index (χ3v) is 3.29. The van der Waals surface area contributed by atoms with Gasteiger partial charge >= 0.3 is 0 Å². The first-order valence-corrected chi connectivity index (χ1v) is 4.96. The fourth-order valence-electron chi connectivity index (χ4n) is 2.55. The number of fused-ring (bicyclic) bond motifs is 1. The van der Waals surface area contributed by atoms with Crippen LogP contribution in [0.25, 0.3) is 0 Å². The fraction of sp³-hybridized carbons (Fsp3) is 1.00. The first kappa shape index (κ1) is 10.3. The molecule has 3 N–H and O–H groups in total. The van der Waals surface area contributed by atoms with E-state index in [9.17, 15) is 15.3 Å². The van der Waals surface area contributed by atoms with Crippen molar-refractivity contribution in [2.75, 3.05) is 20.2 Å². The lowest BCUT2D eigenvalue weighted by atomic mass is 9.93. The van der Waals surface area contributed by atoms with Gasteiger partial charge in [0.05, 0.1) is 18.2 Å². The Hall–Kier alpha value is -0.200. The Kier molecular flexibility index (Phi) is 2.77. The number of hydrogen-bond donors (Lipinski definition) is 3. The molecule has 2 aliphatic heterocycles. The van der Waals surface area contributed by atoms with Crippen molar-refractivity contribution in [1.82, 2.24) is 4.90 Å². The Bertz CT molecular complexity index is 213. The van der Waals surface area contributed by atoms with Crippen LogP contribution in [0.2, 0.25) is 0 Å². The summed E-state index contributed by atoms with van der Waals surface area (Å²) in [4.78, 5) is 1.98. The van der Waals surface area contributed by atoms with Gasteiger partial charge in [0.15, 0.2) is 0 Å². The predicted molar refractivity (Wildman–Crippen MR) is 48.8 cm³/mol. The summed E-state index contributed by atoms with van der Waals surface area (Å²) in [5.41, 5.74) is 0. The molecule has 0 aromatic rings. The first-order valence-electron chi connectivity index (χ1n) is 4.96. The number of aliphatic hydroxyl groups excluding tert-OH is 3. The van der Waals surface area contributed by atoms with Crippen LogP contribution in [0.5, 0.6) is 0 Å². The van der Waals surface area contributed by atoms with E-state index in [1.54, 1.807) is 0 Å². The number of methoxy groups -OCH3 is 1. The molecule has 2 rings (SSSR count). The Morgan fingerprint density at radius 1 is 1.21 bits per heavy atom. The van der Waals surface area contributed by atoms with Gasteiger partial charge in [0, 0.05) is 20.2 Å². The van der Waals surface area contributed by atoms with E-state index < -0.39 is 24.4 Å². The highest BCUT2D eigenvalue weighted by molar-refractivity contribution is 5.02. The SMILES string of the molecule is CO[C@H]1[C@H](O)[C@@H](O)CN2CC[C@H](O)[C@H]12. The summed E-state index contributed by atoms with van der Waals surface area (Å²) in [6.45, 7) is 1.18. The van der Waals surface area contributed by atoms with Gasteiger partial charge in [-0.2, -0.15) is 0 Å². The second kappa shape index (κ2) is 3.75. The van der Waals surface area contributed by atoms with Gasteiger partial charge < -0.3 is 20.1 Å². The zero-order chi connectivity index (χ0) is 10.3. The van der Waals surface area contributed by atoms with Gasteiger partial charge in [-0.15, -0.1) is 0 Å². The number of nitrogens with zero attached hydrogens (tertiary/aromatic N) is 1. The maximum absolute atomic E-state index is 9.72. The molecule has 5 atom stereocenters. The molecular weight excluding hydrogens is 186 g/mol. The van der Waals surface area contributed by atoms with Crippen LogP contribution in [0.15, 0.2) is 0 Å². The molecule has 0 amide bonds. The normalized spacial score (nSPS) is 49.3. The van der Waals surface area contributed by atoms with Crippen LogP contribution >= 0.6 is 0 Å². The molecule has 82 valence electrons. The molecular formula is C9H17NO4. The lowest BCUT2D eigenvalue weighted by Gasteiger charge is -2.42. The van der Waals surface area contributed by atoms with Gasteiger partial charge in [0.2, 0.25) is 0 Å². The molecule has 2 heterocycles. The summed E-state index contributed by atoms with van der Waals surface area (Å²) >= 11 is 0. The van der Waals surface area contributed by atoms with Crippen LogP contribution in [-0.4, -0.2) is 70.9 Å². The molecule has 0 bridgehead atoms. The van der Waals surface area contributed by atoms with Gasteiger partial charge in [0.1, 0.15) is 12.2 Å². The third-order valence-electron chi connectivity index (χ3n) is 3.29. The Morgan fingerprint density at radius 2 is 1.93 bits per heavy atom. The molecule has 2 saturated heterocycles. The minimum atomic E-state index is -0.894. The Labute approximate surface area is 82.9 Å². The van der Waals surface area contributed by atoms with E-state index in [1.165, 1.54) is 7.11 Å². The molecule has 5 nitrogen and oxygen atoms in total. The predicted octanol–water partition coefficient (Wildman–Crippen LogP) is -1.83. The van der Waals surface area contributed by atoms with Crippen molar-refractivity contribution >= 4 is 0 Å². The molecule has 0 aromatic heterocycles. The molecule has 0 spiro atoms. The molecule has 2 aliphatic rings. The zero-order valence-corrected chi connectivity index (χ0v) is 8.21. The van der Waals surface area contributed by atoms with E-state index in [4.69, 9.17) is 4.74 Å². The van der Waals surface area contributed by atoms with Crippen molar-refractivity contribution in [1.29, 1.82) is 0 Å². The van der Waals surface area contributed by atoms with Crippen molar-refractivity contribution in [2.45, 2.75) is 36.9 Å². The van der Waals surface area contributed by atoms with Gasteiger partial charge in [-0.3, -0.25) is 4.90 Å². The maximum atomic E-state index is 9.72. The van der Waals surface area contributed by atoms with E-state index in [1.807, 2.05) is 4.90 Å². The molecule has 2 fully saturated rings. The van der Waals surface area contributed by atoms with Crippen molar-refractivity contribution in [3.63, 3.8) is 0 Å². The van der Waals surface area contributed by atoms with Gasteiger partial charge in [0.25, 0.3) is 0 Å².